The average Bonchev–Trinajstić information content (AvgIpc) is 2.98. The molecule has 5 nitrogen and oxygen atoms in total. The standard InChI is InChI=1S/C25H30N2O3S/c1-25(2)21-10-6-7-11-22(21)26(3)24(25)18-23(28)19-12-14-20(15-13-19)31(29,30)27-16-8-4-5-9-17-27/h6-7,10-15,18H,4-5,8-9,16-17H2,1-3H3/b24-18+. The van der Waals surface area contributed by atoms with E-state index in [9.17, 15) is 13.2 Å². The molecule has 164 valence electrons. The van der Waals surface area contributed by atoms with Gasteiger partial charge in [0.25, 0.3) is 0 Å². The SMILES string of the molecule is CN1/C(=C/C(=O)c2ccc(S(=O)(=O)N3CCCCCC3)cc2)C(C)(C)c2ccccc21. The van der Waals surface area contributed by atoms with Crippen LogP contribution in [0.3, 0.4) is 0 Å². The third-order valence-electron chi connectivity index (χ3n) is 6.55. The zero-order chi connectivity index (χ0) is 22.2. The number of hydrogen-bond donors (Lipinski definition) is 0. The van der Waals surface area contributed by atoms with E-state index >= 15 is 0 Å². The van der Waals surface area contributed by atoms with Crippen LogP contribution in [0.15, 0.2) is 65.2 Å². The zero-order valence-electron chi connectivity index (χ0n) is 18.5. The van der Waals surface area contributed by atoms with Crippen molar-refractivity contribution in [2.75, 3.05) is 25.0 Å². The number of para-hydroxylation sites is 1. The minimum absolute atomic E-state index is 0.124. The lowest BCUT2D eigenvalue weighted by Crippen LogP contribution is -2.31. The Kier molecular flexibility index (Phi) is 5.79. The topological polar surface area (TPSA) is 57.7 Å². The van der Waals surface area contributed by atoms with Gasteiger partial charge in [0.1, 0.15) is 0 Å². The Morgan fingerprint density at radius 1 is 0.935 bits per heavy atom. The molecule has 2 aliphatic rings. The van der Waals surface area contributed by atoms with Gasteiger partial charge in [-0.15, -0.1) is 0 Å². The second-order valence-electron chi connectivity index (χ2n) is 8.94. The lowest BCUT2D eigenvalue weighted by Gasteiger charge is -2.24. The third-order valence-corrected chi connectivity index (χ3v) is 8.46. The summed E-state index contributed by atoms with van der Waals surface area (Å²) in [5, 5.41) is 0. The molecule has 0 atom stereocenters. The summed E-state index contributed by atoms with van der Waals surface area (Å²) in [5.74, 6) is -0.124. The molecular weight excluding hydrogens is 408 g/mol. The largest absolute Gasteiger partial charge is 0.347 e. The smallest absolute Gasteiger partial charge is 0.243 e. The van der Waals surface area contributed by atoms with Crippen molar-refractivity contribution in [3.63, 3.8) is 0 Å². The second kappa shape index (κ2) is 8.24. The molecule has 0 unspecified atom stereocenters. The Labute approximate surface area is 185 Å². The first-order chi connectivity index (χ1) is 14.7. The maximum absolute atomic E-state index is 13.0. The van der Waals surface area contributed by atoms with Crippen LogP contribution in [0.5, 0.6) is 0 Å². The summed E-state index contributed by atoms with van der Waals surface area (Å²) in [5.41, 5.74) is 3.43. The van der Waals surface area contributed by atoms with Gasteiger partial charge in [-0.2, -0.15) is 4.31 Å². The number of benzene rings is 2. The predicted molar refractivity (Wildman–Crippen MR) is 124 cm³/mol. The van der Waals surface area contributed by atoms with Crippen LogP contribution in [0.2, 0.25) is 0 Å². The molecular formula is C25H30N2O3S. The van der Waals surface area contributed by atoms with Gasteiger partial charge >= 0.3 is 0 Å². The minimum atomic E-state index is -3.52. The zero-order valence-corrected chi connectivity index (χ0v) is 19.3. The minimum Gasteiger partial charge on any atom is -0.347 e. The Balaban J connectivity index is 1.58. The normalized spacial score (nSPS) is 20.5. The molecule has 1 fully saturated rings. The number of fused-ring (bicyclic) bond motifs is 1. The fraction of sp³-hybridized carbons (Fsp3) is 0.400. The number of ketones is 1. The van der Waals surface area contributed by atoms with Crippen LogP contribution in [0, 0.1) is 0 Å². The summed E-state index contributed by atoms with van der Waals surface area (Å²) in [7, 11) is -1.54. The second-order valence-corrected chi connectivity index (χ2v) is 10.9. The number of anilines is 1. The van der Waals surface area contributed by atoms with E-state index in [-0.39, 0.29) is 16.1 Å². The molecule has 2 aromatic rings. The summed E-state index contributed by atoms with van der Waals surface area (Å²) >= 11 is 0. The van der Waals surface area contributed by atoms with Crippen molar-refractivity contribution in [1.29, 1.82) is 0 Å². The first-order valence-corrected chi connectivity index (χ1v) is 12.4. The van der Waals surface area contributed by atoms with Crippen molar-refractivity contribution in [3.8, 4) is 0 Å². The molecule has 0 bridgehead atoms. The van der Waals surface area contributed by atoms with Gasteiger partial charge in [-0.3, -0.25) is 4.79 Å². The molecule has 0 amide bonds. The maximum atomic E-state index is 13.0. The van der Waals surface area contributed by atoms with Crippen molar-refractivity contribution in [3.05, 3.63) is 71.4 Å². The highest BCUT2D eigenvalue weighted by Gasteiger charge is 2.38. The average molecular weight is 439 g/mol. The fourth-order valence-electron chi connectivity index (χ4n) is 4.69. The van der Waals surface area contributed by atoms with Gasteiger partial charge in [0.05, 0.1) is 4.90 Å². The van der Waals surface area contributed by atoms with Gasteiger partial charge in [0.15, 0.2) is 5.78 Å². The van der Waals surface area contributed by atoms with Crippen LogP contribution in [0.4, 0.5) is 5.69 Å². The van der Waals surface area contributed by atoms with Crippen molar-refractivity contribution < 1.29 is 13.2 Å². The number of carbonyl (C=O) groups excluding carboxylic acids is 1. The molecule has 31 heavy (non-hydrogen) atoms. The highest BCUT2D eigenvalue weighted by atomic mass is 32.2. The van der Waals surface area contributed by atoms with E-state index in [0.29, 0.717) is 18.7 Å². The Bertz CT molecular complexity index is 1110. The molecule has 2 aliphatic heterocycles. The van der Waals surface area contributed by atoms with Gasteiger partial charge in [0.2, 0.25) is 10.0 Å². The van der Waals surface area contributed by atoms with E-state index in [1.54, 1.807) is 34.6 Å². The molecule has 0 saturated carbocycles. The highest BCUT2D eigenvalue weighted by Crippen LogP contribution is 2.46. The predicted octanol–water partition coefficient (Wildman–Crippen LogP) is 4.75. The fourth-order valence-corrected chi connectivity index (χ4v) is 6.21. The lowest BCUT2D eigenvalue weighted by atomic mass is 9.83. The van der Waals surface area contributed by atoms with E-state index in [1.807, 2.05) is 19.2 Å². The van der Waals surface area contributed by atoms with Crippen LogP contribution in [-0.4, -0.2) is 38.6 Å². The molecule has 0 radical (unpaired) electrons. The van der Waals surface area contributed by atoms with Gasteiger partial charge in [0, 0.05) is 48.6 Å². The lowest BCUT2D eigenvalue weighted by molar-refractivity contribution is 0.104. The molecule has 4 rings (SSSR count). The number of nitrogens with zero attached hydrogens (tertiary/aromatic N) is 2. The number of likely N-dealkylation sites (N-methyl/N-ethyl adjacent to an activating group) is 1. The first-order valence-electron chi connectivity index (χ1n) is 10.9. The van der Waals surface area contributed by atoms with Crippen LogP contribution in [0.25, 0.3) is 0 Å². The van der Waals surface area contributed by atoms with Crippen LogP contribution in [-0.2, 0) is 15.4 Å². The van der Waals surface area contributed by atoms with E-state index in [4.69, 9.17) is 0 Å². The summed E-state index contributed by atoms with van der Waals surface area (Å²) in [6.45, 7) is 5.37. The number of allylic oxidation sites excluding steroid dienone is 2. The van der Waals surface area contributed by atoms with E-state index < -0.39 is 10.0 Å². The van der Waals surface area contributed by atoms with E-state index in [1.165, 1.54) is 5.56 Å². The summed E-state index contributed by atoms with van der Waals surface area (Å²) in [6.07, 6.45) is 5.62. The maximum Gasteiger partial charge on any atom is 0.243 e. The van der Waals surface area contributed by atoms with Crippen molar-refractivity contribution in [2.45, 2.75) is 49.8 Å². The summed E-state index contributed by atoms with van der Waals surface area (Å²) in [4.78, 5) is 15.3. The van der Waals surface area contributed by atoms with Crippen molar-refractivity contribution in [2.24, 2.45) is 0 Å². The van der Waals surface area contributed by atoms with Gasteiger partial charge in [-0.1, -0.05) is 44.9 Å². The molecule has 0 N–H and O–H groups in total. The van der Waals surface area contributed by atoms with E-state index in [0.717, 1.165) is 37.1 Å². The molecule has 2 aromatic carbocycles. The van der Waals surface area contributed by atoms with Crippen LogP contribution >= 0.6 is 0 Å². The number of hydrogen-bond acceptors (Lipinski definition) is 4. The van der Waals surface area contributed by atoms with Gasteiger partial charge in [-0.25, -0.2) is 8.42 Å². The number of sulfonamides is 1. The van der Waals surface area contributed by atoms with Crippen LogP contribution < -0.4 is 4.90 Å². The van der Waals surface area contributed by atoms with E-state index in [2.05, 4.69) is 30.9 Å². The molecule has 2 heterocycles. The van der Waals surface area contributed by atoms with Gasteiger partial charge < -0.3 is 4.90 Å². The monoisotopic (exact) mass is 438 g/mol. The molecule has 1 saturated heterocycles. The molecule has 0 aromatic heterocycles. The number of rotatable bonds is 4. The first kappa shape index (κ1) is 21.8. The van der Waals surface area contributed by atoms with Crippen molar-refractivity contribution in [1.82, 2.24) is 4.31 Å². The Morgan fingerprint density at radius 2 is 1.55 bits per heavy atom. The van der Waals surface area contributed by atoms with Gasteiger partial charge in [-0.05, 0) is 48.7 Å². The highest BCUT2D eigenvalue weighted by molar-refractivity contribution is 7.89. The Hall–Kier alpha value is -2.44. The molecule has 0 spiro atoms. The number of carbonyl (C=O) groups is 1. The van der Waals surface area contributed by atoms with Crippen LogP contribution in [0.1, 0.15) is 55.5 Å². The molecule has 0 aliphatic carbocycles. The van der Waals surface area contributed by atoms with Crippen molar-refractivity contribution >= 4 is 21.5 Å². The quantitative estimate of drug-likeness (QED) is 0.511. The third kappa shape index (κ3) is 3.94. The summed E-state index contributed by atoms with van der Waals surface area (Å²) in [6, 6.07) is 14.5. The summed E-state index contributed by atoms with van der Waals surface area (Å²) < 4.78 is 27.5. The molecule has 6 heteroatoms. The Morgan fingerprint density at radius 3 is 2.16 bits per heavy atom.